The molecule has 0 aliphatic carbocycles. The molecule has 0 unspecified atom stereocenters. The van der Waals surface area contributed by atoms with Gasteiger partial charge in [-0.25, -0.2) is 15.0 Å². The van der Waals surface area contributed by atoms with Crippen LogP contribution in [-0.2, 0) is 19.5 Å². The number of hydrogen-bond donors (Lipinski definition) is 1. The van der Waals surface area contributed by atoms with E-state index >= 15 is 0 Å². The molecule has 0 fully saturated rings. The average Bonchev–Trinajstić information content (AvgIpc) is 2.75. The van der Waals surface area contributed by atoms with Gasteiger partial charge in [-0.05, 0) is 24.3 Å². The zero-order chi connectivity index (χ0) is 18.9. The van der Waals surface area contributed by atoms with Crippen LogP contribution in [-0.4, -0.2) is 36.5 Å². The Morgan fingerprint density at radius 1 is 1.00 bits per heavy atom. The molecule has 0 atom stereocenters. The SMILES string of the molecule is Oc1cccc2ccc(CN3CCc4nc(-c5ccncc5)ncc4C3)nc12. The fourth-order valence-corrected chi connectivity index (χ4v) is 3.64. The van der Waals surface area contributed by atoms with Crippen LogP contribution in [0.4, 0.5) is 0 Å². The lowest BCUT2D eigenvalue weighted by molar-refractivity contribution is 0.240. The first kappa shape index (κ1) is 16.8. The fraction of sp³-hybridized carbons (Fsp3) is 0.182. The first-order valence-corrected chi connectivity index (χ1v) is 9.31. The molecule has 0 spiro atoms. The molecule has 5 rings (SSSR count). The van der Waals surface area contributed by atoms with E-state index in [-0.39, 0.29) is 5.75 Å². The summed E-state index contributed by atoms with van der Waals surface area (Å²) in [6, 6.07) is 13.4. The lowest BCUT2D eigenvalue weighted by atomic mass is 10.1. The molecule has 0 amide bonds. The second-order valence-electron chi connectivity index (χ2n) is 7.01. The first-order chi connectivity index (χ1) is 13.8. The monoisotopic (exact) mass is 369 g/mol. The molecule has 0 radical (unpaired) electrons. The summed E-state index contributed by atoms with van der Waals surface area (Å²) in [7, 11) is 0. The van der Waals surface area contributed by atoms with E-state index in [9.17, 15) is 5.11 Å². The summed E-state index contributed by atoms with van der Waals surface area (Å²) in [6.45, 7) is 2.45. The number of hydrogen-bond acceptors (Lipinski definition) is 6. The third-order valence-corrected chi connectivity index (χ3v) is 5.09. The number of aromatic nitrogens is 4. The number of rotatable bonds is 3. The molecule has 1 aliphatic rings. The Hall–Kier alpha value is -3.38. The van der Waals surface area contributed by atoms with Crippen LogP contribution in [0.3, 0.4) is 0 Å². The Labute approximate surface area is 162 Å². The maximum atomic E-state index is 10.1. The van der Waals surface area contributed by atoms with Crippen molar-refractivity contribution in [2.45, 2.75) is 19.5 Å². The molecule has 28 heavy (non-hydrogen) atoms. The van der Waals surface area contributed by atoms with Gasteiger partial charge in [0.2, 0.25) is 0 Å². The van der Waals surface area contributed by atoms with Gasteiger partial charge in [-0.1, -0.05) is 18.2 Å². The number of fused-ring (bicyclic) bond motifs is 2. The maximum Gasteiger partial charge on any atom is 0.159 e. The highest BCUT2D eigenvalue weighted by Crippen LogP contribution is 2.24. The number of nitrogens with zero attached hydrogens (tertiary/aromatic N) is 5. The van der Waals surface area contributed by atoms with E-state index in [4.69, 9.17) is 4.98 Å². The number of phenols is 1. The lowest BCUT2D eigenvalue weighted by Gasteiger charge is -2.27. The molecule has 1 aromatic carbocycles. The van der Waals surface area contributed by atoms with Crippen LogP contribution in [0.25, 0.3) is 22.3 Å². The van der Waals surface area contributed by atoms with Gasteiger partial charge < -0.3 is 5.11 Å². The Kier molecular flexibility index (Phi) is 4.18. The standard InChI is InChI=1S/C22H19N5O/c28-20-3-1-2-15-4-5-18(25-21(15)20)14-27-11-8-19-17(13-27)12-24-22(26-19)16-6-9-23-10-7-16/h1-7,9-10,12,28H,8,11,13-14H2. The van der Waals surface area contributed by atoms with Crippen LogP contribution < -0.4 is 0 Å². The highest BCUT2D eigenvalue weighted by molar-refractivity contribution is 5.84. The molecule has 0 bridgehead atoms. The van der Waals surface area contributed by atoms with Gasteiger partial charge in [-0.2, -0.15) is 0 Å². The zero-order valence-corrected chi connectivity index (χ0v) is 15.3. The minimum Gasteiger partial charge on any atom is -0.506 e. The van der Waals surface area contributed by atoms with E-state index < -0.39 is 0 Å². The number of pyridine rings is 2. The molecule has 4 heterocycles. The summed E-state index contributed by atoms with van der Waals surface area (Å²) in [5.74, 6) is 0.974. The molecule has 0 saturated heterocycles. The molecule has 1 aliphatic heterocycles. The first-order valence-electron chi connectivity index (χ1n) is 9.31. The zero-order valence-electron chi connectivity index (χ0n) is 15.3. The van der Waals surface area contributed by atoms with E-state index in [2.05, 4.69) is 19.9 Å². The van der Waals surface area contributed by atoms with Crippen LogP contribution in [0.15, 0.2) is 61.1 Å². The summed E-state index contributed by atoms with van der Waals surface area (Å²) < 4.78 is 0. The molecular formula is C22H19N5O. The van der Waals surface area contributed by atoms with Gasteiger partial charge in [-0.3, -0.25) is 9.88 Å². The van der Waals surface area contributed by atoms with Crippen molar-refractivity contribution in [1.82, 2.24) is 24.8 Å². The van der Waals surface area contributed by atoms with Crippen LogP contribution in [0.1, 0.15) is 17.0 Å². The van der Waals surface area contributed by atoms with Crippen molar-refractivity contribution in [2.24, 2.45) is 0 Å². The molecule has 0 saturated carbocycles. The van der Waals surface area contributed by atoms with E-state index in [1.54, 1.807) is 18.5 Å². The van der Waals surface area contributed by atoms with Gasteiger partial charge in [0, 0.05) is 61.2 Å². The summed E-state index contributed by atoms with van der Waals surface area (Å²) in [6.07, 6.45) is 6.33. The quantitative estimate of drug-likeness (QED) is 0.597. The lowest BCUT2D eigenvalue weighted by Crippen LogP contribution is -2.31. The Morgan fingerprint density at radius 3 is 2.79 bits per heavy atom. The third kappa shape index (κ3) is 3.18. The molecule has 3 aromatic heterocycles. The number of phenolic OH excluding ortho intramolecular Hbond substituents is 1. The van der Waals surface area contributed by atoms with E-state index in [1.165, 1.54) is 0 Å². The topological polar surface area (TPSA) is 75.0 Å². The second-order valence-corrected chi connectivity index (χ2v) is 7.01. The number of para-hydroxylation sites is 1. The van der Waals surface area contributed by atoms with Gasteiger partial charge in [0.05, 0.1) is 11.4 Å². The maximum absolute atomic E-state index is 10.1. The van der Waals surface area contributed by atoms with Crippen molar-refractivity contribution < 1.29 is 5.11 Å². The normalized spacial score (nSPS) is 14.1. The van der Waals surface area contributed by atoms with Crippen LogP contribution in [0.5, 0.6) is 5.75 Å². The van der Waals surface area contributed by atoms with Gasteiger partial charge in [0.15, 0.2) is 5.82 Å². The predicted octanol–water partition coefficient (Wildman–Crippen LogP) is 3.35. The summed E-state index contributed by atoms with van der Waals surface area (Å²) in [4.78, 5) is 20.3. The Balaban J connectivity index is 1.35. The highest BCUT2D eigenvalue weighted by atomic mass is 16.3. The van der Waals surface area contributed by atoms with Gasteiger partial charge in [-0.15, -0.1) is 0 Å². The van der Waals surface area contributed by atoms with E-state index in [1.807, 2.05) is 42.6 Å². The molecular weight excluding hydrogens is 350 g/mol. The minimum atomic E-state index is 0.223. The number of aromatic hydroxyl groups is 1. The molecule has 1 N–H and O–H groups in total. The summed E-state index contributed by atoms with van der Waals surface area (Å²) in [5, 5.41) is 11.0. The largest absolute Gasteiger partial charge is 0.506 e. The van der Waals surface area contributed by atoms with Crippen molar-refractivity contribution in [2.75, 3.05) is 6.54 Å². The van der Waals surface area contributed by atoms with E-state index in [0.29, 0.717) is 5.52 Å². The highest BCUT2D eigenvalue weighted by Gasteiger charge is 2.19. The van der Waals surface area contributed by atoms with Crippen molar-refractivity contribution in [3.05, 3.63) is 78.0 Å². The molecule has 6 nitrogen and oxygen atoms in total. The van der Waals surface area contributed by atoms with Gasteiger partial charge in [0.25, 0.3) is 0 Å². The van der Waals surface area contributed by atoms with Crippen molar-refractivity contribution >= 4 is 10.9 Å². The smallest absolute Gasteiger partial charge is 0.159 e. The van der Waals surface area contributed by atoms with Crippen LogP contribution in [0.2, 0.25) is 0 Å². The van der Waals surface area contributed by atoms with Gasteiger partial charge in [0.1, 0.15) is 11.3 Å². The fourth-order valence-electron chi connectivity index (χ4n) is 3.64. The van der Waals surface area contributed by atoms with Crippen LogP contribution >= 0.6 is 0 Å². The molecule has 138 valence electrons. The van der Waals surface area contributed by atoms with Crippen molar-refractivity contribution in [3.63, 3.8) is 0 Å². The van der Waals surface area contributed by atoms with Gasteiger partial charge >= 0.3 is 0 Å². The second kappa shape index (κ2) is 6.98. The van der Waals surface area contributed by atoms with Crippen LogP contribution in [0, 0.1) is 0 Å². The minimum absolute atomic E-state index is 0.223. The number of benzene rings is 1. The molecule has 4 aromatic rings. The summed E-state index contributed by atoms with van der Waals surface area (Å²) in [5.41, 5.74) is 4.87. The molecule has 6 heteroatoms. The predicted molar refractivity (Wildman–Crippen MR) is 106 cm³/mol. The van der Waals surface area contributed by atoms with E-state index in [0.717, 1.165) is 59.8 Å². The average molecular weight is 369 g/mol. The Morgan fingerprint density at radius 2 is 1.89 bits per heavy atom. The summed E-state index contributed by atoms with van der Waals surface area (Å²) >= 11 is 0. The van der Waals surface area contributed by atoms with Crippen molar-refractivity contribution in [1.29, 1.82) is 0 Å². The third-order valence-electron chi connectivity index (χ3n) is 5.09. The Bertz CT molecular complexity index is 1150. The van der Waals surface area contributed by atoms with Crippen molar-refractivity contribution in [3.8, 4) is 17.1 Å².